The van der Waals surface area contributed by atoms with E-state index < -0.39 is 0 Å². The van der Waals surface area contributed by atoms with Gasteiger partial charge in [0.2, 0.25) is 0 Å². The number of benzene rings is 1. The first-order valence-electron chi connectivity index (χ1n) is 8.57. The molecule has 2 fully saturated rings. The third-order valence-electron chi connectivity index (χ3n) is 4.87. The van der Waals surface area contributed by atoms with Crippen LogP contribution in [0.5, 0.6) is 0 Å². The van der Waals surface area contributed by atoms with Crippen LogP contribution in [0.15, 0.2) is 42.6 Å². The van der Waals surface area contributed by atoms with Crippen molar-refractivity contribution < 1.29 is 9.53 Å². The van der Waals surface area contributed by atoms with Crippen LogP contribution in [-0.4, -0.2) is 48.6 Å². The Bertz CT molecular complexity index is 742. The maximum absolute atomic E-state index is 12.8. The van der Waals surface area contributed by atoms with Crippen molar-refractivity contribution in [2.45, 2.75) is 12.5 Å². The second-order valence-electron chi connectivity index (χ2n) is 6.36. The van der Waals surface area contributed by atoms with Gasteiger partial charge in [-0.25, -0.2) is 4.98 Å². The Kier molecular flexibility index (Phi) is 4.59. The molecule has 3 heterocycles. The monoisotopic (exact) mass is 357 g/mol. The van der Waals surface area contributed by atoms with Gasteiger partial charge in [0.15, 0.2) is 0 Å². The fraction of sp³-hybridized carbons (Fsp3) is 0.368. The van der Waals surface area contributed by atoms with Gasteiger partial charge < -0.3 is 14.5 Å². The van der Waals surface area contributed by atoms with E-state index in [0.717, 1.165) is 50.7 Å². The maximum Gasteiger partial charge on any atom is 0.255 e. The quantitative estimate of drug-likeness (QED) is 0.846. The van der Waals surface area contributed by atoms with E-state index >= 15 is 0 Å². The number of carbonyl (C=O) groups is 1. The molecule has 0 radical (unpaired) electrons. The molecule has 0 aliphatic carbocycles. The van der Waals surface area contributed by atoms with Crippen LogP contribution in [0.3, 0.4) is 0 Å². The summed E-state index contributed by atoms with van der Waals surface area (Å²) in [4.78, 5) is 21.3. The number of hydrogen-bond acceptors (Lipinski definition) is 4. The minimum atomic E-state index is 0.0345. The molecular formula is C19H20ClN3O2. The van der Waals surface area contributed by atoms with Gasteiger partial charge in [0.1, 0.15) is 5.82 Å². The van der Waals surface area contributed by atoms with E-state index in [4.69, 9.17) is 16.3 Å². The van der Waals surface area contributed by atoms with Crippen LogP contribution >= 0.6 is 11.6 Å². The van der Waals surface area contributed by atoms with Crippen LogP contribution in [0.1, 0.15) is 28.4 Å². The highest BCUT2D eigenvalue weighted by molar-refractivity contribution is 6.30. The highest BCUT2D eigenvalue weighted by Crippen LogP contribution is 2.35. The predicted molar refractivity (Wildman–Crippen MR) is 97.1 cm³/mol. The highest BCUT2D eigenvalue weighted by atomic mass is 35.5. The summed E-state index contributed by atoms with van der Waals surface area (Å²) in [6, 6.07) is 11.7. The van der Waals surface area contributed by atoms with Gasteiger partial charge >= 0.3 is 0 Å². The summed E-state index contributed by atoms with van der Waals surface area (Å²) in [6.07, 6.45) is 2.66. The molecule has 5 nitrogen and oxygen atoms in total. The predicted octanol–water partition coefficient (Wildman–Crippen LogP) is 3.16. The Morgan fingerprint density at radius 1 is 1.08 bits per heavy atom. The summed E-state index contributed by atoms with van der Waals surface area (Å²) >= 11 is 5.95. The molecule has 0 spiro atoms. The Hall–Kier alpha value is -2.11. The zero-order valence-electron chi connectivity index (χ0n) is 13.9. The van der Waals surface area contributed by atoms with Gasteiger partial charge in [-0.3, -0.25) is 4.79 Å². The molecule has 2 aliphatic rings. The first-order chi connectivity index (χ1) is 12.2. The molecule has 4 rings (SSSR count). The second kappa shape index (κ2) is 7.02. The van der Waals surface area contributed by atoms with Crippen molar-refractivity contribution >= 4 is 23.3 Å². The zero-order valence-corrected chi connectivity index (χ0v) is 14.7. The van der Waals surface area contributed by atoms with Crippen molar-refractivity contribution in [3.63, 3.8) is 0 Å². The summed E-state index contributed by atoms with van der Waals surface area (Å²) in [5.74, 6) is 0.935. The van der Waals surface area contributed by atoms with Gasteiger partial charge in [-0.05, 0) is 36.2 Å². The molecule has 6 heteroatoms. The maximum atomic E-state index is 12.8. The van der Waals surface area contributed by atoms with Crippen molar-refractivity contribution in [3.8, 4) is 0 Å². The van der Waals surface area contributed by atoms with Crippen LogP contribution in [0.4, 0.5) is 5.82 Å². The van der Waals surface area contributed by atoms with Crippen LogP contribution < -0.4 is 4.90 Å². The molecular weight excluding hydrogens is 338 g/mol. The number of morpholine rings is 1. The molecule has 2 aliphatic heterocycles. The third-order valence-corrected chi connectivity index (χ3v) is 5.12. The number of aromatic nitrogens is 1. The molecule has 25 heavy (non-hydrogen) atoms. The number of amides is 1. The largest absolute Gasteiger partial charge is 0.378 e. The minimum Gasteiger partial charge on any atom is -0.378 e. The van der Waals surface area contributed by atoms with E-state index in [2.05, 4.69) is 9.88 Å². The van der Waals surface area contributed by atoms with Gasteiger partial charge in [0, 0.05) is 30.9 Å². The molecule has 1 aromatic carbocycles. The molecule has 130 valence electrons. The molecule has 2 saturated heterocycles. The van der Waals surface area contributed by atoms with E-state index in [9.17, 15) is 4.79 Å². The van der Waals surface area contributed by atoms with Crippen molar-refractivity contribution in [2.24, 2.45) is 0 Å². The Balaban J connectivity index is 1.46. The topological polar surface area (TPSA) is 45.7 Å². The fourth-order valence-electron chi connectivity index (χ4n) is 3.32. The Morgan fingerprint density at radius 3 is 2.44 bits per heavy atom. The molecule has 0 saturated carbocycles. The lowest BCUT2D eigenvalue weighted by molar-refractivity contribution is 0.0460. The van der Waals surface area contributed by atoms with Crippen LogP contribution in [0, 0.1) is 0 Å². The number of nitrogens with zero attached hydrogens (tertiary/aromatic N) is 3. The normalized spacial score (nSPS) is 20.3. The molecule has 1 amide bonds. The summed E-state index contributed by atoms with van der Waals surface area (Å²) < 4.78 is 5.36. The summed E-state index contributed by atoms with van der Waals surface area (Å²) in [7, 11) is 0. The van der Waals surface area contributed by atoms with E-state index in [1.54, 1.807) is 6.20 Å². The molecule has 1 unspecified atom stereocenters. The van der Waals surface area contributed by atoms with E-state index in [1.165, 1.54) is 0 Å². The van der Waals surface area contributed by atoms with E-state index in [1.807, 2.05) is 41.3 Å². The number of pyridine rings is 1. The van der Waals surface area contributed by atoms with Gasteiger partial charge in [0.25, 0.3) is 5.91 Å². The second-order valence-corrected chi connectivity index (χ2v) is 6.80. The molecule has 0 N–H and O–H groups in total. The van der Waals surface area contributed by atoms with Crippen molar-refractivity contribution in [3.05, 3.63) is 58.7 Å². The Labute approximate surface area is 152 Å². The molecule has 0 bridgehead atoms. The van der Waals surface area contributed by atoms with Gasteiger partial charge in [-0.15, -0.1) is 0 Å². The smallest absolute Gasteiger partial charge is 0.255 e. The number of anilines is 1. The molecule has 1 aromatic heterocycles. The third kappa shape index (κ3) is 3.34. The van der Waals surface area contributed by atoms with Gasteiger partial charge in [-0.2, -0.15) is 0 Å². The SMILES string of the molecule is O=C(c1ccc(N2CCOCC2)nc1)N1CCC1c1ccc(Cl)cc1. The van der Waals surface area contributed by atoms with Crippen molar-refractivity contribution in [1.82, 2.24) is 9.88 Å². The van der Waals surface area contributed by atoms with E-state index in [0.29, 0.717) is 10.6 Å². The lowest BCUT2D eigenvalue weighted by atomic mass is 9.94. The standard InChI is InChI=1S/C19H20ClN3O2/c20-16-4-1-14(2-5-16)17-7-8-23(17)19(24)15-3-6-18(21-13-15)22-9-11-25-12-10-22/h1-6,13,17H,7-12H2. The number of hydrogen-bond donors (Lipinski definition) is 0. The van der Waals surface area contributed by atoms with Gasteiger partial charge in [-0.1, -0.05) is 23.7 Å². The number of likely N-dealkylation sites (tertiary alicyclic amines) is 1. The lowest BCUT2D eigenvalue weighted by Crippen LogP contribution is -2.45. The first kappa shape index (κ1) is 16.4. The van der Waals surface area contributed by atoms with Crippen LogP contribution in [0.25, 0.3) is 0 Å². The first-order valence-corrected chi connectivity index (χ1v) is 8.95. The lowest BCUT2D eigenvalue weighted by Gasteiger charge is -2.41. The Morgan fingerprint density at radius 2 is 1.84 bits per heavy atom. The van der Waals surface area contributed by atoms with Crippen molar-refractivity contribution in [1.29, 1.82) is 0 Å². The van der Waals surface area contributed by atoms with Gasteiger partial charge in [0.05, 0.1) is 24.8 Å². The number of rotatable bonds is 3. The van der Waals surface area contributed by atoms with Crippen molar-refractivity contribution in [2.75, 3.05) is 37.7 Å². The highest BCUT2D eigenvalue weighted by Gasteiger charge is 2.34. The van der Waals surface area contributed by atoms with Crippen LogP contribution in [-0.2, 0) is 4.74 Å². The number of halogens is 1. The van der Waals surface area contributed by atoms with E-state index in [-0.39, 0.29) is 11.9 Å². The summed E-state index contributed by atoms with van der Waals surface area (Å²) in [5, 5.41) is 0.712. The van der Waals surface area contributed by atoms with Crippen LogP contribution in [0.2, 0.25) is 5.02 Å². The summed E-state index contributed by atoms with van der Waals surface area (Å²) in [6.45, 7) is 3.89. The molecule has 1 atom stereocenters. The average Bonchev–Trinajstić information content (AvgIpc) is 2.63. The number of carbonyl (C=O) groups excluding carboxylic acids is 1. The summed E-state index contributed by atoms with van der Waals surface area (Å²) in [5.41, 5.74) is 1.76. The fourth-order valence-corrected chi connectivity index (χ4v) is 3.45. The minimum absolute atomic E-state index is 0.0345. The average molecular weight is 358 g/mol. The number of ether oxygens (including phenoxy) is 1. The molecule has 2 aromatic rings. The zero-order chi connectivity index (χ0) is 17.2.